The third-order valence-electron chi connectivity index (χ3n) is 1.48. The molecule has 2 N–H and O–H groups in total. The summed E-state index contributed by atoms with van der Waals surface area (Å²) in [5, 5.41) is 3.50. The lowest BCUT2D eigenvalue weighted by Gasteiger charge is -2.03. The van der Waals surface area contributed by atoms with Crippen LogP contribution in [0.4, 0.5) is 0 Å². The summed E-state index contributed by atoms with van der Waals surface area (Å²) >= 11 is 0. The number of hydrogen-bond donors (Lipinski definition) is 1. The molecule has 0 saturated carbocycles. The third-order valence-corrected chi connectivity index (χ3v) is 1.48. The second-order valence-corrected chi connectivity index (χ2v) is 2.88. The van der Waals surface area contributed by atoms with E-state index < -0.39 is 0 Å². The number of rotatable bonds is 5. The minimum atomic E-state index is -0.345. The molecule has 0 amide bonds. The highest BCUT2D eigenvalue weighted by atomic mass is 16.5. The molecule has 0 aromatic heterocycles. The van der Waals surface area contributed by atoms with Crippen molar-refractivity contribution in [2.45, 2.75) is 26.7 Å². The predicted molar refractivity (Wildman–Crippen MR) is 52.3 cm³/mol. The molecule has 0 aromatic rings. The van der Waals surface area contributed by atoms with Crippen molar-refractivity contribution in [1.82, 2.24) is 0 Å². The molecular formula is C9H16N2O2. The van der Waals surface area contributed by atoms with Crippen molar-refractivity contribution in [1.29, 1.82) is 0 Å². The molecule has 0 bridgehead atoms. The molecule has 13 heavy (non-hydrogen) atoms. The molecule has 0 aliphatic rings. The van der Waals surface area contributed by atoms with Crippen molar-refractivity contribution in [3.63, 3.8) is 0 Å². The van der Waals surface area contributed by atoms with Gasteiger partial charge >= 0.3 is 5.97 Å². The Morgan fingerprint density at radius 2 is 2.15 bits per heavy atom. The standard InChI is InChI=1S/C9H16N2O2/c1-7(2)9(12)13-6-4-5-8(3)11-10/h1,4-6,10H2,2-3H3. The van der Waals surface area contributed by atoms with Gasteiger partial charge in [-0.15, -0.1) is 0 Å². The summed E-state index contributed by atoms with van der Waals surface area (Å²) < 4.78 is 4.86. The minimum absolute atomic E-state index is 0.345. The van der Waals surface area contributed by atoms with Crippen LogP contribution < -0.4 is 5.84 Å². The molecule has 4 nitrogen and oxygen atoms in total. The van der Waals surface area contributed by atoms with Crippen LogP contribution in [0.5, 0.6) is 0 Å². The molecule has 0 spiro atoms. The smallest absolute Gasteiger partial charge is 0.333 e. The Balaban J connectivity index is 3.47. The number of nitrogens with zero attached hydrogens (tertiary/aromatic N) is 1. The highest BCUT2D eigenvalue weighted by Gasteiger charge is 2.01. The zero-order valence-electron chi connectivity index (χ0n) is 8.17. The molecule has 0 aromatic carbocycles. The van der Waals surface area contributed by atoms with Gasteiger partial charge < -0.3 is 10.6 Å². The summed E-state index contributed by atoms with van der Waals surface area (Å²) in [6.45, 7) is 7.31. The molecule has 0 rings (SSSR count). The molecule has 0 aliphatic heterocycles. The summed E-state index contributed by atoms with van der Waals surface area (Å²) in [5.41, 5.74) is 1.27. The van der Waals surface area contributed by atoms with E-state index in [1.165, 1.54) is 0 Å². The molecular weight excluding hydrogens is 168 g/mol. The third kappa shape index (κ3) is 5.90. The Labute approximate surface area is 78.4 Å². The van der Waals surface area contributed by atoms with Gasteiger partial charge in [0.2, 0.25) is 0 Å². The predicted octanol–water partition coefficient (Wildman–Crippen LogP) is 1.22. The van der Waals surface area contributed by atoms with Gasteiger partial charge in [0.15, 0.2) is 0 Å². The van der Waals surface area contributed by atoms with Gasteiger partial charge in [0, 0.05) is 11.3 Å². The summed E-state index contributed by atoms with van der Waals surface area (Å²) in [5.74, 6) is 4.68. The van der Waals surface area contributed by atoms with Crippen LogP contribution in [0.1, 0.15) is 26.7 Å². The maximum atomic E-state index is 10.9. The van der Waals surface area contributed by atoms with E-state index >= 15 is 0 Å². The molecule has 74 valence electrons. The van der Waals surface area contributed by atoms with Gasteiger partial charge in [-0.25, -0.2) is 4.79 Å². The largest absolute Gasteiger partial charge is 0.462 e. The number of esters is 1. The first kappa shape index (κ1) is 11.7. The van der Waals surface area contributed by atoms with Crippen molar-refractivity contribution in [3.8, 4) is 0 Å². The lowest BCUT2D eigenvalue weighted by atomic mass is 10.2. The van der Waals surface area contributed by atoms with Gasteiger partial charge in [-0.3, -0.25) is 0 Å². The average molecular weight is 184 g/mol. The molecule has 0 fully saturated rings. The first-order valence-corrected chi connectivity index (χ1v) is 4.14. The topological polar surface area (TPSA) is 64.7 Å². The second-order valence-electron chi connectivity index (χ2n) is 2.88. The van der Waals surface area contributed by atoms with Crippen molar-refractivity contribution >= 4 is 11.7 Å². The molecule has 4 heteroatoms. The number of hydrazone groups is 1. The molecule has 0 saturated heterocycles. The zero-order chi connectivity index (χ0) is 10.3. The lowest BCUT2D eigenvalue weighted by molar-refractivity contribution is -0.138. The van der Waals surface area contributed by atoms with E-state index in [9.17, 15) is 4.79 Å². The van der Waals surface area contributed by atoms with E-state index in [1.807, 2.05) is 6.92 Å². The van der Waals surface area contributed by atoms with Crippen molar-refractivity contribution < 1.29 is 9.53 Å². The van der Waals surface area contributed by atoms with Crippen molar-refractivity contribution in [2.75, 3.05) is 6.61 Å². The van der Waals surface area contributed by atoms with Crippen LogP contribution in [0.15, 0.2) is 17.3 Å². The first-order chi connectivity index (χ1) is 6.07. The van der Waals surface area contributed by atoms with E-state index in [2.05, 4.69) is 11.7 Å². The second kappa shape index (κ2) is 6.22. The Morgan fingerprint density at radius 1 is 1.54 bits per heavy atom. The molecule has 0 atom stereocenters. The highest BCUT2D eigenvalue weighted by molar-refractivity contribution is 5.87. The fourth-order valence-corrected chi connectivity index (χ4v) is 0.681. The van der Waals surface area contributed by atoms with E-state index in [-0.39, 0.29) is 5.97 Å². The summed E-state index contributed by atoms with van der Waals surface area (Å²) in [6, 6.07) is 0. The lowest BCUT2D eigenvalue weighted by Crippen LogP contribution is -2.07. The zero-order valence-corrected chi connectivity index (χ0v) is 8.17. The first-order valence-electron chi connectivity index (χ1n) is 4.14. The number of nitrogens with two attached hydrogens (primary N) is 1. The fraction of sp³-hybridized carbons (Fsp3) is 0.556. The average Bonchev–Trinajstić information content (AvgIpc) is 2.11. The van der Waals surface area contributed by atoms with Gasteiger partial charge in [0.05, 0.1) is 6.61 Å². The monoisotopic (exact) mass is 184 g/mol. The highest BCUT2D eigenvalue weighted by Crippen LogP contribution is 1.96. The Bertz CT molecular complexity index is 222. The van der Waals surface area contributed by atoms with E-state index in [1.54, 1.807) is 6.92 Å². The van der Waals surface area contributed by atoms with Crippen LogP contribution in [-0.2, 0) is 9.53 Å². The van der Waals surface area contributed by atoms with Gasteiger partial charge in [-0.1, -0.05) is 6.58 Å². The summed E-state index contributed by atoms with van der Waals surface area (Å²) in [7, 11) is 0. The normalized spacial score (nSPS) is 11.1. The maximum absolute atomic E-state index is 10.9. The molecule has 0 heterocycles. The minimum Gasteiger partial charge on any atom is -0.462 e. The summed E-state index contributed by atoms with van der Waals surface area (Å²) in [4.78, 5) is 10.9. The fourth-order valence-electron chi connectivity index (χ4n) is 0.681. The van der Waals surface area contributed by atoms with Crippen LogP contribution >= 0.6 is 0 Å². The Kier molecular flexibility index (Phi) is 5.59. The van der Waals surface area contributed by atoms with Crippen LogP contribution in [-0.4, -0.2) is 18.3 Å². The molecule has 0 aliphatic carbocycles. The number of carbonyl (C=O) groups is 1. The Hall–Kier alpha value is -1.32. The van der Waals surface area contributed by atoms with E-state index in [4.69, 9.17) is 10.6 Å². The maximum Gasteiger partial charge on any atom is 0.333 e. The Morgan fingerprint density at radius 3 is 2.62 bits per heavy atom. The van der Waals surface area contributed by atoms with E-state index in [0.29, 0.717) is 12.2 Å². The van der Waals surface area contributed by atoms with Gasteiger partial charge in [-0.05, 0) is 26.7 Å². The van der Waals surface area contributed by atoms with Crippen molar-refractivity contribution in [3.05, 3.63) is 12.2 Å². The van der Waals surface area contributed by atoms with Crippen molar-refractivity contribution in [2.24, 2.45) is 10.9 Å². The SMILES string of the molecule is C=C(C)C(=O)OCCCC(C)=NN. The van der Waals surface area contributed by atoms with E-state index in [0.717, 1.165) is 18.6 Å². The molecule has 0 radical (unpaired) electrons. The van der Waals surface area contributed by atoms with Gasteiger partial charge in [-0.2, -0.15) is 5.10 Å². The van der Waals surface area contributed by atoms with Crippen LogP contribution in [0.3, 0.4) is 0 Å². The van der Waals surface area contributed by atoms with Crippen LogP contribution in [0, 0.1) is 0 Å². The number of hydrogen-bond acceptors (Lipinski definition) is 4. The quantitative estimate of drug-likeness (QED) is 0.174. The number of ether oxygens (including phenoxy) is 1. The number of carbonyl (C=O) groups excluding carboxylic acids is 1. The van der Waals surface area contributed by atoms with Gasteiger partial charge in [0.1, 0.15) is 0 Å². The van der Waals surface area contributed by atoms with Crippen LogP contribution in [0.25, 0.3) is 0 Å². The van der Waals surface area contributed by atoms with Gasteiger partial charge in [0.25, 0.3) is 0 Å². The van der Waals surface area contributed by atoms with Crippen LogP contribution in [0.2, 0.25) is 0 Å². The summed E-state index contributed by atoms with van der Waals surface area (Å²) in [6.07, 6.45) is 1.49. The molecule has 0 unspecified atom stereocenters.